The van der Waals surface area contributed by atoms with Crippen molar-refractivity contribution in [2.45, 2.75) is 19.8 Å². The summed E-state index contributed by atoms with van der Waals surface area (Å²) in [5, 5.41) is 0.0474. The zero-order chi connectivity index (χ0) is 23.1. The number of carbonyl (C=O) groups is 3. The third-order valence-corrected chi connectivity index (χ3v) is 5.99. The smallest absolute Gasteiger partial charge is 0.344 e. The Labute approximate surface area is 200 Å². The minimum atomic E-state index is -0.537. The average Bonchev–Trinajstić information content (AvgIpc) is 3.01. The van der Waals surface area contributed by atoms with Gasteiger partial charge in [-0.1, -0.05) is 53.5 Å². The second-order valence-electron chi connectivity index (χ2n) is 6.83. The SMILES string of the molecule is CCOC(=O)COc1c(Cl)cc(/C=C2/SC(=O)N(CCCc3ccccc3)C2=O)cc1Cl. The Balaban J connectivity index is 1.65. The maximum atomic E-state index is 12.7. The number of imide groups is 1. The van der Waals surface area contributed by atoms with Gasteiger partial charge in [0, 0.05) is 6.54 Å². The Morgan fingerprint density at radius 1 is 1.12 bits per heavy atom. The topological polar surface area (TPSA) is 72.9 Å². The standard InChI is InChI=1S/C23H21Cl2NO5S/c1-2-30-20(27)14-31-21-17(24)11-16(12-18(21)25)13-19-22(28)26(23(29)32-19)10-6-9-15-7-4-3-5-8-15/h3-5,7-8,11-13H,2,6,9-10,14H2,1H3/b19-13+. The second kappa shape index (κ2) is 11.4. The summed E-state index contributed by atoms with van der Waals surface area (Å²) in [6.07, 6.45) is 3.02. The van der Waals surface area contributed by atoms with Crippen molar-refractivity contribution in [3.05, 3.63) is 68.5 Å². The molecular formula is C23H21Cl2NO5S. The molecule has 0 radical (unpaired) electrons. The Bertz CT molecular complexity index is 1020. The predicted molar refractivity (Wildman–Crippen MR) is 126 cm³/mol. The van der Waals surface area contributed by atoms with Gasteiger partial charge < -0.3 is 9.47 Å². The fraction of sp³-hybridized carbons (Fsp3) is 0.261. The number of hydrogen-bond acceptors (Lipinski definition) is 6. The molecule has 168 valence electrons. The number of amides is 2. The Hall–Kier alpha value is -2.48. The molecule has 32 heavy (non-hydrogen) atoms. The number of thioether (sulfide) groups is 1. The van der Waals surface area contributed by atoms with E-state index in [0.29, 0.717) is 23.4 Å². The summed E-state index contributed by atoms with van der Waals surface area (Å²) >= 11 is 13.4. The van der Waals surface area contributed by atoms with Gasteiger partial charge in [0.25, 0.3) is 11.1 Å². The normalized spacial score (nSPS) is 14.8. The van der Waals surface area contributed by atoms with Crippen LogP contribution in [-0.4, -0.2) is 41.8 Å². The quantitative estimate of drug-likeness (QED) is 0.334. The molecule has 0 spiro atoms. The lowest BCUT2D eigenvalue weighted by Crippen LogP contribution is -2.29. The number of esters is 1. The van der Waals surface area contributed by atoms with Gasteiger partial charge in [0.2, 0.25) is 0 Å². The second-order valence-corrected chi connectivity index (χ2v) is 8.64. The Morgan fingerprint density at radius 2 is 1.81 bits per heavy atom. The van der Waals surface area contributed by atoms with E-state index in [-0.39, 0.29) is 40.2 Å². The highest BCUT2D eigenvalue weighted by atomic mass is 35.5. The van der Waals surface area contributed by atoms with E-state index in [9.17, 15) is 14.4 Å². The van der Waals surface area contributed by atoms with Crippen LogP contribution in [0.2, 0.25) is 10.0 Å². The average molecular weight is 494 g/mol. The van der Waals surface area contributed by atoms with Crippen molar-refractivity contribution in [3.63, 3.8) is 0 Å². The first-order valence-corrected chi connectivity index (χ1v) is 11.5. The van der Waals surface area contributed by atoms with Crippen molar-refractivity contribution in [1.82, 2.24) is 4.90 Å². The minimum Gasteiger partial charge on any atom is -0.479 e. The summed E-state index contributed by atoms with van der Waals surface area (Å²) < 4.78 is 10.2. The van der Waals surface area contributed by atoms with Crippen molar-refractivity contribution >= 4 is 58.2 Å². The van der Waals surface area contributed by atoms with E-state index in [1.54, 1.807) is 25.1 Å². The Kier molecular flexibility index (Phi) is 8.61. The lowest BCUT2D eigenvalue weighted by Gasteiger charge is -2.12. The Morgan fingerprint density at radius 3 is 2.47 bits per heavy atom. The zero-order valence-corrected chi connectivity index (χ0v) is 19.6. The lowest BCUT2D eigenvalue weighted by molar-refractivity contribution is -0.145. The largest absolute Gasteiger partial charge is 0.479 e. The molecule has 9 heteroatoms. The van der Waals surface area contributed by atoms with Crippen LogP contribution in [0.4, 0.5) is 4.79 Å². The first-order valence-electron chi connectivity index (χ1n) is 9.95. The van der Waals surface area contributed by atoms with Gasteiger partial charge in [-0.2, -0.15) is 0 Å². The first-order chi connectivity index (χ1) is 15.4. The first kappa shape index (κ1) is 24.2. The van der Waals surface area contributed by atoms with E-state index in [1.165, 1.54) is 4.90 Å². The maximum Gasteiger partial charge on any atom is 0.344 e. The number of ether oxygens (including phenoxy) is 2. The monoisotopic (exact) mass is 493 g/mol. The molecule has 2 aromatic rings. The predicted octanol–water partition coefficient (Wildman–Crippen LogP) is 5.60. The van der Waals surface area contributed by atoms with Crippen LogP contribution < -0.4 is 4.74 Å². The molecule has 0 N–H and O–H groups in total. The van der Waals surface area contributed by atoms with Crippen LogP contribution >= 0.6 is 35.0 Å². The molecule has 2 aromatic carbocycles. The van der Waals surface area contributed by atoms with E-state index in [1.807, 2.05) is 30.3 Å². The van der Waals surface area contributed by atoms with Gasteiger partial charge in [-0.05, 0) is 60.9 Å². The molecule has 1 aliphatic rings. The molecule has 2 amide bonds. The molecule has 1 saturated heterocycles. The van der Waals surface area contributed by atoms with E-state index >= 15 is 0 Å². The fourth-order valence-electron chi connectivity index (χ4n) is 3.06. The third kappa shape index (κ3) is 6.28. The molecule has 1 fully saturated rings. The van der Waals surface area contributed by atoms with E-state index < -0.39 is 5.97 Å². The van der Waals surface area contributed by atoms with Gasteiger partial charge in [0.1, 0.15) is 0 Å². The highest BCUT2D eigenvalue weighted by Gasteiger charge is 2.34. The number of benzene rings is 2. The summed E-state index contributed by atoms with van der Waals surface area (Å²) in [4.78, 5) is 38.1. The van der Waals surface area contributed by atoms with Crippen molar-refractivity contribution in [3.8, 4) is 5.75 Å². The van der Waals surface area contributed by atoms with Crippen LogP contribution in [0.25, 0.3) is 6.08 Å². The number of nitrogens with zero attached hydrogens (tertiary/aromatic N) is 1. The summed E-state index contributed by atoms with van der Waals surface area (Å²) in [6.45, 7) is 1.95. The molecule has 0 aromatic heterocycles. The van der Waals surface area contributed by atoms with Crippen LogP contribution in [0.5, 0.6) is 5.75 Å². The molecular weight excluding hydrogens is 473 g/mol. The third-order valence-electron chi connectivity index (χ3n) is 4.52. The molecule has 0 atom stereocenters. The van der Waals surface area contributed by atoms with E-state index in [2.05, 4.69) is 0 Å². The van der Waals surface area contributed by atoms with Gasteiger partial charge in [-0.15, -0.1) is 0 Å². The number of aryl methyl sites for hydroxylation is 1. The molecule has 3 rings (SSSR count). The highest BCUT2D eigenvalue weighted by Crippen LogP contribution is 2.37. The molecule has 0 saturated carbocycles. The summed E-state index contributed by atoms with van der Waals surface area (Å²) in [7, 11) is 0. The van der Waals surface area contributed by atoms with Gasteiger partial charge >= 0.3 is 5.97 Å². The van der Waals surface area contributed by atoms with Gasteiger partial charge in [0.05, 0.1) is 21.6 Å². The van der Waals surface area contributed by atoms with E-state index in [0.717, 1.165) is 23.7 Å². The van der Waals surface area contributed by atoms with E-state index in [4.69, 9.17) is 32.7 Å². The van der Waals surface area contributed by atoms with Crippen molar-refractivity contribution < 1.29 is 23.9 Å². The van der Waals surface area contributed by atoms with Crippen LogP contribution in [0.3, 0.4) is 0 Å². The summed E-state index contributed by atoms with van der Waals surface area (Å²) in [5.74, 6) is -0.736. The van der Waals surface area contributed by atoms with Crippen LogP contribution in [0.1, 0.15) is 24.5 Å². The molecule has 0 aliphatic carbocycles. The van der Waals surface area contributed by atoms with Crippen LogP contribution in [0, 0.1) is 0 Å². The number of rotatable bonds is 9. The van der Waals surface area contributed by atoms with Gasteiger partial charge in [-0.25, -0.2) is 4.79 Å². The summed E-state index contributed by atoms with van der Waals surface area (Å²) in [6, 6.07) is 13.0. The zero-order valence-electron chi connectivity index (χ0n) is 17.3. The van der Waals surface area contributed by atoms with Crippen LogP contribution in [0.15, 0.2) is 47.4 Å². The fourth-order valence-corrected chi connectivity index (χ4v) is 4.54. The van der Waals surface area contributed by atoms with Crippen molar-refractivity contribution in [2.24, 2.45) is 0 Å². The number of hydrogen-bond donors (Lipinski definition) is 0. The molecule has 0 unspecified atom stereocenters. The van der Waals surface area contributed by atoms with Crippen molar-refractivity contribution in [1.29, 1.82) is 0 Å². The van der Waals surface area contributed by atoms with Crippen LogP contribution in [-0.2, 0) is 20.7 Å². The molecule has 1 aliphatic heterocycles. The molecule has 6 nitrogen and oxygen atoms in total. The number of halogens is 2. The molecule has 0 bridgehead atoms. The van der Waals surface area contributed by atoms with Gasteiger partial charge in [-0.3, -0.25) is 14.5 Å². The highest BCUT2D eigenvalue weighted by molar-refractivity contribution is 8.18. The van der Waals surface area contributed by atoms with Gasteiger partial charge in [0.15, 0.2) is 12.4 Å². The lowest BCUT2D eigenvalue weighted by atomic mass is 10.1. The number of carbonyl (C=O) groups excluding carboxylic acids is 3. The summed E-state index contributed by atoms with van der Waals surface area (Å²) in [5.41, 5.74) is 1.70. The maximum absolute atomic E-state index is 12.7. The minimum absolute atomic E-state index is 0.146. The van der Waals surface area contributed by atoms with Crippen molar-refractivity contribution in [2.75, 3.05) is 19.8 Å². The molecule has 1 heterocycles.